The number of anilines is 1. The molecule has 0 fully saturated rings. The maximum absolute atomic E-state index is 11.5. The van der Waals surface area contributed by atoms with Crippen LogP contribution in [0.3, 0.4) is 0 Å². The summed E-state index contributed by atoms with van der Waals surface area (Å²) in [6, 6.07) is 1.31. The number of H-pyrrole nitrogens is 1. The van der Waals surface area contributed by atoms with Gasteiger partial charge in [0.05, 0.1) is 0 Å². The standard InChI is InChI=1S/C14H19N3O2/c1-6-11(9(2)3)7-10(4)15-12-8-13(18)17(5)14(19)16-12/h7-8,15H,2,4,6H2,1,3,5H3,(H,16,19)/b11-7-. The number of rotatable bonds is 5. The molecule has 0 saturated carbocycles. The minimum absolute atomic E-state index is 0.325. The average Bonchev–Trinajstić information content (AvgIpc) is 2.32. The SMILES string of the molecule is C=C(/C=C(/CC)C(=C)C)Nc1cc(=O)n(C)c(=O)[nH]1. The van der Waals surface area contributed by atoms with Gasteiger partial charge in [-0.2, -0.15) is 0 Å². The second-order valence-electron chi connectivity index (χ2n) is 4.34. The van der Waals surface area contributed by atoms with Gasteiger partial charge in [0.2, 0.25) is 0 Å². The Kier molecular flexibility index (Phi) is 4.69. The number of nitrogens with one attached hydrogen (secondary N) is 2. The Hall–Kier alpha value is -2.30. The second kappa shape index (κ2) is 6.04. The van der Waals surface area contributed by atoms with E-state index in [1.54, 1.807) is 0 Å². The van der Waals surface area contributed by atoms with Crippen molar-refractivity contribution in [3.8, 4) is 0 Å². The van der Waals surface area contributed by atoms with Crippen LogP contribution in [0.1, 0.15) is 20.3 Å². The van der Waals surface area contributed by atoms with E-state index in [-0.39, 0.29) is 5.56 Å². The van der Waals surface area contributed by atoms with Gasteiger partial charge in [-0.3, -0.25) is 14.3 Å². The first-order valence-electron chi connectivity index (χ1n) is 5.98. The molecule has 0 spiro atoms. The van der Waals surface area contributed by atoms with Crippen LogP contribution in [-0.2, 0) is 7.05 Å². The van der Waals surface area contributed by atoms with Crippen molar-refractivity contribution in [3.05, 3.63) is 63.0 Å². The molecule has 1 rings (SSSR count). The number of nitrogens with zero attached hydrogens (tertiary/aromatic N) is 1. The smallest absolute Gasteiger partial charge is 0.329 e. The van der Waals surface area contributed by atoms with Crippen LogP contribution < -0.4 is 16.6 Å². The van der Waals surface area contributed by atoms with Crippen LogP contribution in [-0.4, -0.2) is 9.55 Å². The Labute approximate surface area is 112 Å². The van der Waals surface area contributed by atoms with Crippen LogP contribution in [0.25, 0.3) is 0 Å². The molecule has 0 aromatic carbocycles. The molecule has 2 N–H and O–H groups in total. The molecule has 0 aliphatic carbocycles. The summed E-state index contributed by atoms with van der Waals surface area (Å²) < 4.78 is 0.995. The van der Waals surface area contributed by atoms with Crippen LogP contribution in [0, 0.1) is 0 Å². The predicted molar refractivity (Wildman–Crippen MR) is 78.3 cm³/mol. The third-order valence-electron chi connectivity index (χ3n) is 2.72. The topological polar surface area (TPSA) is 66.9 Å². The van der Waals surface area contributed by atoms with Crippen molar-refractivity contribution in [1.82, 2.24) is 9.55 Å². The lowest BCUT2D eigenvalue weighted by atomic mass is 10.1. The number of hydrogen-bond donors (Lipinski definition) is 2. The summed E-state index contributed by atoms with van der Waals surface area (Å²) >= 11 is 0. The van der Waals surface area contributed by atoms with E-state index in [2.05, 4.69) is 23.5 Å². The van der Waals surface area contributed by atoms with Gasteiger partial charge in [-0.15, -0.1) is 0 Å². The summed E-state index contributed by atoms with van der Waals surface area (Å²) in [5.74, 6) is 0.325. The molecule has 5 nitrogen and oxygen atoms in total. The van der Waals surface area contributed by atoms with E-state index < -0.39 is 5.69 Å². The van der Waals surface area contributed by atoms with E-state index in [1.807, 2.05) is 19.9 Å². The summed E-state index contributed by atoms with van der Waals surface area (Å²) in [5.41, 5.74) is 1.76. The molecule has 0 bridgehead atoms. The van der Waals surface area contributed by atoms with Gasteiger partial charge in [0.15, 0.2) is 0 Å². The Balaban J connectivity index is 2.98. The molecular weight excluding hydrogens is 242 g/mol. The molecule has 0 saturated heterocycles. The molecule has 102 valence electrons. The lowest BCUT2D eigenvalue weighted by molar-refractivity contribution is 0.778. The molecule has 0 aliphatic rings. The van der Waals surface area contributed by atoms with Crippen molar-refractivity contribution >= 4 is 5.82 Å². The molecule has 0 atom stereocenters. The third-order valence-corrected chi connectivity index (χ3v) is 2.72. The van der Waals surface area contributed by atoms with Gasteiger partial charge in [0.1, 0.15) is 5.82 Å². The molecule has 0 aliphatic heterocycles. The van der Waals surface area contributed by atoms with Crippen molar-refractivity contribution in [2.24, 2.45) is 7.05 Å². The minimum Gasteiger partial charge on any atom is -0.342 e. The Morgan fingerprint density at radius 1 is 1.47 bits per heavy atom. The highest BCUT2D eigenvalue weighted by molar-refractivity contribution is 5.45. The highest BCUT2D eigenvalue weighted by atomic mass is 16.2. The number of aromatic nitrogens is 2. The van der Waals surface area contributed by atoms with E-state index in [0.717, 1.165) is 22.1 Å². The highest BCUT2D eigenvalue weighted by Crippen LogP contribution is 2.14. The zero-order valence-corrected chi connectivity index (χ0v) is 11.5. The van der Waals surface area contributed by atoms with Crippen LogP contribution in [0.15, 0.2) is 51.7 Å². The lowest BCUT2D eigenvalue weighted by Gasteiger charge is -2.09. The monoisotopic (exact) mass is 261 g/mol. The van der Waals surface area contributed by atoms with Gasteiger partial charge in [-0.25, -0.2) is 4.79 Å². The summed E-state index contributed by atoms with van der Waals surface area (Å²) in [4.78, 5) is 25.5. The molecule has 1 aromatic rings. The normalized spacial score (nSPS) is 11.2. The fourth-order valence-corrected chi connectivity index (χ4v) is 1.57. The molecule has 0 amide bonds. The predicted octanol–water partition coefficient (Wildman–Crippen LogP) is 1.91. The molecule has 1 heterocycles. The summed E-state index contributed by atoms with van der Waals surface area (Å²) in [6.07, 6.45) is 2.68. The Morgan fingerprint density at radius 2 is 2.11 bits per heavy atom. The number of hydrogen-bond acceptors (Lipinski definition) is 3. The van der Waals surface area contributed by atoms with Gasteiger partial charge < -0.3 is 5.32 Å². The van der Waals surface area contributed by atoms with Gasteiger partial charge in [-0.05, 0) is 25.0 Å². The first kappa shape index (κ1) is 14.8. The largest absolute Gasteiger partial charge is 0.342 e. The van der Waals surface area contributed by atoms with Gasteiger partial charge in [-0.1, -0.05) is 25.7 Å². The highest BCUT2D eigenvalue weighted by Gasteiger charge is 2.02. The van der Waals surface area contributed by atoms with Gasteiger partial charge >= 0.3 is 5.69 Å². The van der Waals surface area contributed by atoms with E-state index >= 15 is 0 Å². The maximum Gasteiger partial charge on any atom is 0.329 e. The maximum atomic E-state index is 11.5. The first-order valence-corrected chi connectivity index (χ1v) is 5.98. The lowest BCUT2D eigenvalue weighted by Crippen LogP contribution is -2.32. The summed E-state index contributed by atoms with van der Waals surface area (Å²) in [6.45, 7) is 11.7. The van der Waals surface area contributed by atoms with E-state index in [4.69, 9.17) is 0 Å². The Morgan fingerprint density at radius 3 is 2.58 bits per heavy atom. The average molecular weight is 261 g/mol. The van der Waals surface area contributed by atoms with Crippen molar-refractivity contribution in [1.29, 1.82) is 0 Å². The number of aromatic amines is 1. The molecule has 1 aromatic heterocycles. The van der Waals surface area contributed by atoms with E-state index in [1.165, 1.54) is 13.1 Å². The second-order valence-corrected chi connectivity index (χ2v) is 4.34. The van der Waals surface area contributed by atoms with Crippen LogP contribution in [0.5, 0.6) is 0 Å². The molecule has 0 unspecified atom stereocenters. The summed E-state index contributed by atoms with van der Waals surface area (Å²) in [7, 11) is 1.41. The molecular formula is C14H19N3O2. The first-order chi connectivity index (χ1) is 8.85. The van der Waals surface area contributed by atoms with E-state index in [0.29, 0.717) is 11.5 Å². The fourth-order valence-electron chi connectivity index (χ4n) is 1.57. The molecule has 5 heteroatoms. The molecule has 19 heavy (non-hydrogen) atoms. The zero-order chi connectivity index (χ0) is 14.6. The fraction of sp³-hybridized carbons (Fsp3) is 0.286. The minimum atomic E-state index is -0.470. The zero-order valence-electron chi connectivity index (χ0n) is 11.5. The van der Waals surface area contributed by atoms with Gasteiger partial charge in [0, 0.05) is 18.8 Å². The van der Waals surface area contributed by atoms with Crippen LogP contribution >= 0.6 is 0 Å². The van der Waals surface area contributed by atoms with Gasteiger partial charge in [0.25, 0.3) is 5.56 Å². The Bertz CT molecular complexity index is 616. The number of allylic oxidation sites excluding steroid dienone is 3. The summed E-state index contributed by atoms with van der Waals surface area (Å²) in [5, 5.41) is 2.89. The van der Waals surface area contributed by atoms with Crippen molar-refractivity contribution in [2.75, 3.05) is 5.32 Å². The quantitative estimate of drug-likeness (QED) is 0.796. The van der Waals surface area contributed by atoms with E-state index in [9.17, 15) is 9.59 Å². The van der Waals surface area contributed by atoms with Crippen LogP contribution in [0.4, 0.5) is 5.82 Å². The van der Waals surface area contributed by atoms with Crippen molar-refractivity contribution in [2.45, 2.75) is 20.3 Å². The van der Waals surface area contributed by atoms with Crippen molar-refractivity contribution < 1.29 is 0 Å². The third kappa shape index (κ3) is 3.84. The van der Waals surface area contributed by atoms with Crippen molar-refractivity contribution in [3.63, 3.8) is 0 Å². The molecule has 0 radical (unpaired) electrons. The van der Waals surface area contributed by atoms with Crippen LogP contribution in [0.2, 0.25) is 0 Å².